The Labute approximate surface area is 157 Å². The molecule has 1 aromatic heterocycles. The average molecular weight is 369 g/mol. The maximum Gasteiger partial charge on any atom is 0.321 e. The second kappa shape index (κ2) is 7.00. The molecule has 134 valence electrons. The lowest BCUT2D eigenvalue weighted by Gasteiger charge is -2.33. The largest absolute Gasteiger partial charge is 0.327 e. The number of likely N-dealkylation sites (tertiary alicyclic amines) is 1. The molecule has 0 saturated carbocycles. The molecule has 1 fully saturated rings. The van der Waals surface area contributed by atoms with Gasteiger partial charge in [-0.3, -0.25) is 0 Å². The van der Waals surface area contributed by atoms with Gasteiger partial charge in [0.25, 0.3) is 0 Å². The second-order valence-corrected chi connectivity index (χ2v) is 7.24. The molecule has 26 heavy (non-hydrogen) atoms. The van der Waals surface area contributed by atoms with Gasteiger partial charge in [-0.25, -0.2) is 9.78 Å². The number of carbonyl (C=O) groups excluding carboxylic acids is 1. The molecule has 1 aliphatic rings. The first-order valence-corrected chi connectivity index (χ1v) is 9.22. The predicted molar refractivity (Wildman–Crippen MR) is 105 cm³/mol. The minimum absolute atomic E-state index is 0.0724. The molecule has 0 aliphatic carbocycles. The zero-order valence-corrected chi connectivity index (χ0v) is 15.4. The van der Waals surface area contributed by atoms with E-state index in [1.54, 1.807) is 12.1 Å². The Morgan fingerprint density at radius 1 is 1.19 bits per heavy atom. The maximum atomic E-state index is 12.5. The van der Waals surface area contributed by atoms with Crippen LogP contribution in [-0.2, 0) is 0 Å². The number of anilines is 1. The molecule has 0 spiro atoms. The molecule has 0 unspecified atom stereocenters. The standard InChI is InChI=1S/C20H21ClN4O/c1-14-5-6-19-18(11-14)22-13-25(19)17-7-9-24(10-8-17)20(26)23-16-4-2-3-15(21)12-16/h2-6,11-13,17H,7-10H2,1H3,(H,23,26). The van der Waals surface area contributed by atoms with Crippen molar-refractivity contribution in [2.45, 2.75) is 25.8 Å². The second-order valence-electron chi connectivity index (χ2n) is 6.80. The van der Waals surface area contributed by atoms with Crippen LogP contribution in [0.1, 0.15) is 24.4 Å². The molecule has 0 atom stereocenters. The van der Waals surface area contributed by atoms with Crippen molar-refractivity contribution < 1.29 is 4.79 Å². The van der Waals surface area contributed by atoms with E-state index in [9.17, 15) is 4.79 Å². The van der Waals surface area contributed by atoms with Crippen LogP contribution in [0.3, 0.4) is 0 Å². The molecule has 3 aromatic rings. The highest BCUT2D eigenvalue weighted by Gasteiger charge is 2.24. The lowest BCUT2D eigenvalue weighted by Crippen LogP contribution is -2.41. The van der Waals surface area contributed by atoms with Gasteiger partial charge in [0.05, 0.1) is 17.4 Å². The molecule has 1 saturated heterocycles. The first-order chi connectivity index (χ1) is 12.6. The fourth-order valence-electron chi connectivity index (χ4n) is 3.55. The van der Waals surface area contributed by atoms with Gasteiger partial charge in [-0.2, -0.15) is 0 Å². The van der Waals surface area contributed by atoms with E-state index in [4.69, 9.17) is 11.6 Å². The Morgan fingerprint density at radius 2 is 2.00 bits per heavy atom. The quantitative estimate of drug-likeness (QED) is 0.701. The zero-order chi connectivity index (χ0) is 18.1. The van der Waals surface area contributed by atoms with Crippen LogP contribution in [-0.4, -0.2) is 33.6 Å². The molecule has 1 aliphatic heterocycles. The Balaban J connectivity index is 1.41. The fourth-order valence-corrected chi connectivity index (χ4v) is 3.74. The molecule has 2 heterocycles. The van der Waals surface area contributed by atoms with Gasteiger partial charge in [-0.05, 0) is 55.7 Å². The number of rotatable bonds is 2. The third kappa shape index (κ3) is 3.40. The monoisotopic (exact) mass is 368 g/mol. The highest BCUT2D eigenvalue weighted by atomic mass is 35.5. The van der Waals surface area contributed by atoms with Crippen molar-refractivity contribution in [1.29, 1.82) is 0 Å². The van der Waals surface area contributed by atoms with Gasteiger partial charge in [0.2, 0.25) is 0 Å². The molecule has 0 bridgehead atoms. The number of hydrogen-bond donors (Lipinski definition) is 1. The van der Waals surface area contributed by atoms with Gasteiger partial charge in [-0.1, -0.05) is 23.7 Å². The maximum absolute atomic E-state index is 12.5. The number of aryl methyl sites for hydroxylation is 1. The number of benzene rings is 2. The van der Waals surface area contributed by atoms with Crippen LogP contribution in [0.5, 0.6) is 0 Å². The topological polar surface area (TPSA) is 50.2 Å². The van der Waals surface area contributed by atoms with E-state index in [0.29, 0.717) is 11.1 Å². The first kappa shape index (κ1) is 16.9. The summed E-state index contributed by atoms with van der Waals surface area (Å²) in [5.41, 5.74) is 4.14. The average Bonchev–Trinajstić information content (AvgIpc) is 3.05. The van der Waals surface area contributed by atoms with Gasteiger partial charge >= 0.3 is 6.03 Å². The summed E-state index contributed by atoms with van der Waals surface area (Å²) in [6.07, 6.45) is 3.76. The van der Waals surface area contributed by atoms with E-state index < -0.39 is 0 Å². The Hall–Kier alpha value is -2.53. The van der Waals surface area contributed by atoms with Crippen LogP contribution in [0.2, 0.25) is 5.02 Å². The van der Waals surface area contributed by atoms with Crippen molar-refractivity contribution in [1.82, 2.24) is 14.5 Å². The molecule has 5 nitrogen and oxygen atoms in total. The number of halogens is 1. The van der Waals surface area contributed by atoms with Crippen molar-refractivity contribution in [3.63, 3.8) is 0 Å². The van der Waals surface area contributed by atoms with Crippen LogP contribution in [0, 0.1) is 6.92 Å². The van der Waals surface area contributed by atoms with Crippen molar-refractivity contribution in [2.75, 3.05) is 18.4 Å². The third-order valence-corrected chi connectivity index (χ3v) is 5.19. The number of hydrogen-bond acceptors (Lipinski definition) is 2. The summed E-state index contributed by atoms with van der Waals surface area (Å²) in [6.45, 7) is 3.53. The smallest absolute Gasteiger partial charge is 0.321 e. The molecule has 1 N–H and O–H groups in total. The molecule has 2 aromatic carbocycles. The van der Waals surface area contributed by atoms with Crippen LogP contribution >= 0.6 is 11.6 Å². The summed E-state index contributed by atoms with van der Waals surface area (Å²) < 4.78 is 2.25. The lowest BCUT2D eigenvalue weighted by atomic mass is 10.0. The van der Waals surface area contributed by atoms with E-state index >= 15 is 0 Å². The van der Waals surface area contributed by atoms with E-state index in [0.717, 1.165) is 42.7 Å². The number of urea groups is 1. The van der Waals surface area contributed by atoms with Crippen molar-refractivity contribution in [3.05, 3.63) is 59.4 Å². The summed E-state index contributed by atoms with van der Waals surface area (Å²) in [4.78, 5) is 18.9. The van der Waals surface area contributed by atoms with Gasteiger partial charge in [-0.15, -0.1) is 0 Å². The summed E-state index contributed by atoms with van der Waals surface area (Å²) in [5.74, 6) is 0. The normalized spacial score (nSPS) is 15.4. The van der Waals surface area contributed by atoms with Gasteiger partial charge in [0.1, 0.15) is 0 Å². The highest BCUT2D eigenvalue weighted by Crippen LogP contribution is 2.27. The van der Waals surface area contributed by atoms with Crippen LogP contribution < -0.4 is 5.32 Å². The van der Waals surface area contributed by atoms with Crippen LogP contribution in [0.25, 0.3) is 11.0 Å². The molecular formula is C20H21ClN4O. The predicted octanol–water partition coefficient (Wildman–Crippen LogP) is 4.87. The highest BCUT2D eigenvalue weighted by molar-refractivity contribution is 6.30. The number of aromatic nitrogens is 2. The molecule has 2 amide bonds. The van der Waals surface area contributed by atoms with Gasteiger partial charge in [0, 0.05) is 29.8 Å². The summed E-state index contributed by atoms with van der Waals surface area (Å²) in [5, 5.41) is 3.54. The number of nitrogens with one attached hydrogen (secondary N) is 1. The van der Waals surface area contributed by atoms with E-state index in [1.807, 2.05) is 23.4 Å². The third-order valence-electron chi connectivity index (χ3n) is 4.95. The minimum atomic E-state index is -0.0724. The summed E-state index contributed by atoms with van der Waals surface area (Å²) in [7, 11) is 0. The molecule has 6 heteroatoms. The summed E-state index contributed by atoms with van der Waals surface area (Å²) in [6, 6.07) is 13.9. The van der Waals surface area contributed by atoms with Gasteiger partial charge in [0.15, 0.2) is 0 Å². The number of piperidine rings is 1. The Morgan fingerprint density at radius 3 is 2.77 bits per heavy atom. The number of fused-ring (bicyclic) bond motifs is 1. The van der Waals surface area contributed by atoms with Crippen molar-refractivity contribution >= 4 is 34.4 Å². The van der Waals surface area contributed by atoms with Crippen LogP contribution in [0.15, 0.2) is 48.8 Å². The molecule has 4 rings (SSSR count). The minimum Gasteiger partial charge on any atom is -0.327 e. The fraction of sp³-hybridized carbons (Fsp3) is 0.300. The first-order valence-electron chi connectivity index (χ1n) is 8.85. The Bertz CT molecular complexity index is 944. The van der Waals surface area contributed by atoms with E-state index in [2.05, 4.69) is 40.0 Å². The number of nitrogens with zero attached hydrogens (tertiary/aromatic N) is 3. The SMILES string of the molecule is Cc1ccc2c(c1)ncn2C1CCN(C(=O)Nc2cccc(Cl)c2)CC1. The Kier molecular flexibility index (Phi) is 4.55. The number of amides is 2. The summed E-state index contributed by atoms with van der Waals surface area (Å²) >= 11 is 5.97. The van der Waals surface area contributed by atoms with E-state index in [1.165, 1.54) is 5.56 Å². The van der Waals surface area contributed by atoms with Crippen LogP contribution in [0.4, 0.5) is 10.5 Å². The molecular weight excluding hydrogens is 348 g/mol. The van der Waals surface area contributed by atoms with Crippen molar-refractivity contribution in [3.8, 4) is 0 Å². The lowest BCUT2D eigenvalue weighted by molar-refractivity contribution is 0.184. The number of carbonyl (C=O) groups is 1. The van der Waals surface area contributed by atoms with Crippen molar-refractivity contribution in [2.24, 2.45) is 0 Å². The zero-order valence-electron chi connectivity index (χ0n) is 14.7. The number of imidazole rings is 1. The molecule has 0 radical (unpaired) electrons. The van der Waals surface area contributed by atoms with E-state index in [-0.39, 0.29) is 6.03 Å². The van der Waals surface area contributed by atoms with Gasteiger partial charge < -0.3 is 14.8 Å².